The number of thiophene rings is 1. The summed E-state index contributed by atoms with van der Waals surface area (Å²) in [5.41, 5.74) is 4.19. The third-order valence-corrected chi connectivity index (χ3v) is 8.73. The Morgan fingerprint density at radius 2 is 1.97 bits per heavy atom. The van der Waals surface area contributed by atoms with Crippen LogP contribution in [0.3, 0.4) is 0 Å². The van der Waals surface area contributed by atoms with Gasteiger partial charge in [0, 0.05) is 47.4 Å². The SMILES string of the molecule is Cc1c(CN2CC[C@@]3(CCN(c4ncnc5sc(CC(F)(F)F)cc45)C3)C2)ccc2[nH]c(C#N)cc12. The molecule has 0 unspecified atom stereocenters. The highest BCUT2D eigenvalue weighted by atomic mass is 32.1. The van der Waals surface area contributed by atoms with Crippen molar-refractivity contribution in [2.24, 2.45) is 5.41 Å². The second-order valence-corrected chi connectivity index (χ2v) is 11.3. The Kier molecular flexibility index (Phi) is 5.46. The van der Waals surface area contributed by atoms with Crippen molar-refractivity contribution in [1.82, 2.24) is 19.9 Å². The van der Waals surface area contributed by atoms with Gasteiger partial charge in [0.05, 0.1) is 11.8 Å². The van der Waals surface area contributed by atoms with Crippen molar-refractivity contribution in [1.29, 1.82) is 5.26 Å². The van der Waals surface area contributed by atoms with E-state index in [1.54, 1.807) is 6.07 Å². The number of aromatic amines is 1. The van der Waals surface area contributed by atoms with Crippen LogP contribution in [-0.2, 0) is 13.0 Å². The first kappa shape index (κ1) is 23.3. The number of aryl methyl sites for hydroxylation is 1. The summed E-state index contributed by atoms with van der Waals surface area (Å²) in [4.78, 5) is 17.5. The minimum absolute atomic E-state index is 0.155. The summed E-state index contributed by atoms with van der Waals surface area (Å²) in [6, 6.07) is 9.91. The van der Waals surface area contributed by atoms with Crippen LogP contribution in [0.15, 0.2) is 30.6 Å². The first-order chi connectivity index (χ1) is 17.2. The van der Waals surface area contributed by atoms with E-state index in [4.69, 9.17) is 0 Å². The van der Waals surface area contributed by atoms with E-state index < -0.39 is 12.6 Å². The van der Waals surface area contributed by atoms with Gasteiger partial charge in [0.2, 0.25) is 0 Å². The zero-order chi connectivity index (χ0) is 25.1. The van der Waals surface area contributed by atoms with Gasteiger partial charge >= 0.3 is 6.18 Å². The molecule has 186 valence electrons. The molecule has 2 aliphatic rings. The lowest BCUT2D eigenvalue weighted by atomic mass is 9.86. The number of nitrogens with one attached hydrogen (secondary N) is 1. The van der Waals surface area contributed by atoms with E-state index in [1.807, 2.05) is 6.07 Å². The van der Waals surface area contributed by atoms with E-state index in [1.165, 1.54) is 17.5 Å². The fraction of sp³-hybridized carbons (Fsp3) is 0.423. The van der Waals surface area contributed by atoms with E-state index >= 15 is 0 Å². The topological polar surface area (TPSA) is 71.8 Å². The number of rotatable bonds is 4. The maximum atomic E-state index is 12.9. The van der Waals surface area contributed by atoms with Crippen molar-refractivity contribution in [2.75, 3.05) is 31.1 Å². The van der Waals surface area contributed by atoms with Gasteiger partial charge in [-0.3, -0.25) is 4.90 Å². The minimum Gasteiger partial charge on any atom is -0.355 e. The molecule has 10 heteroatoms. The highest BCUT2D eigenvalue weighted by Gasteiger charge is 2.44. The van der Waals surface area contributed by atoms with Crippen molar-refractivity contribution in [3.63, 3.8) is 0 Å². The molecule has 2 fully saturated rings. The van der Waals surface area contributed by atoms with Crippen LogP contribution in [0.4, 0.5) is 19.0 Å². The van der Waals surface area contributed by atoms with Crippen LogP contribution in [0.5, 0.6) is 0 Å². The number of likely N-dealkylation sites (tertiary alicyclic amines) is 1. The van der Waals surface area contributed by atoms with Crippen molar-refractivity contribution in [3.8, 4) is 6.07 Å². The quantitative estimate of drug-likeness (QED) is 0.389. The number of hydrogen-bond donors (Lipinski definition) is 1. The number of hydrogen-bond acceptors (Lipinski definition) is 6. The van der Waals surface area contributed by atoms with Crippen LogP contribution in [0, 0.1) is 23.7 Å². The molecule has 36 heavy (non-hydrogen) atoms. The third kappa shape index (κ3) is 4.20. The average molecular weight is 511 g/mol. The van der Waals surface area contributed by atoms with Gasteiger partial charge in [-0.1, -0.05) is 6.07 Å². The van der Waals surface area contributed by atoms with Crippen molar-refractivity contribution < 1.29 is 13.2 Å². The second kappa shape index (κ2) is 8.46. The van der Waals surface area contributed by atoms with Crippen molar-refractivity contribution in [2.45, 2.75) is 38.9 Å². The molecule has 0 saturated carbocycles. The van der Waals surface area contributed by atoms with Gasteiger partial charge < -0.3 is 9.88 Å². The van der Waals surface area contributed by atoms with Crippen LogP contribution < -0.4 is 4.90 Å². The number of anilines is 1. The van der Waals surface area contributed by atoms with Gasteiger partial charge in [-0.15, -0.1) is 11.3 Å². The predicted octanol–water partition coefficient (Wildman–Crippen LogP) is 5.56. The molecule has 0 amide bonds. The monoisotopic (exact) mass is 510 g/mol. The van der Waals surface area contributed by atoms with E-state index in [9.17, 15) is 18.4 Å². The predicted molar refractivity (Wildman–Crippen MR) is 134 cm³/mol. The third-order valence-electron chi connectivity index (χ3n) is 7.69. The first-order valence-corrected chi connectivity index (χ1v) is 12.8. The van der Waals surface area contributed by atoms with Crippen molar-refractivity contribution in [3.05, 3.63) is 52.3 Å². The summed E-state index contributed by atoms with van der Waals surface area (Å²) in [5.74, 6) is 0.752. The molecule has 4 aromatic rings. The number of fused-ring (bicyclic) bond motifs is 2. The fourth-order valence-corrected chi connectivity index (χ4v) is 6.93. The minimum atomic E-state index is -4.23. The lowest BCUT2D eigenvalue weighted by molar-refractivity contribution is -0.126. The van der Waals surface area contributed by atoms with E-state index in [2.05, 4.69) is 49.9 Å². The van der Waals surface area contributed by atoms with E-state index in [-0.39, 0.29) is 10.3 Å². The molecule has 5 heterocycles. The molecular formula is C26H25F3N6S. The number of halogens is 3. The number of aromatic nitrogens is 3. The van der Waals surface area contributed by atoms with Crippen LogP contribution >= 0.6 is 11.3 Å². The van der Waals surface area contributed by atoms with Gasteiger partial charge in [0.15, 0.2) is 0 Å². The molecule has 6 nitrogen and oxygen atoms in total. The smallest absolute Gasteiger partial charge is 0.355 e. The lowest BCUT2D eigenvalue weighted by Crippen LogP contribution is -2.31. The molecule has 1 atom stereocenters. The molecular weight excluding hydrogens is 485 g/mol. The summed E-state index contributed by atoms with van der Waals surface area (Å²) in [6.07, 6.45) is -1.57. The number of alkyl halides is 3. The Labute approximate surface area is 210 Å². The number of nitrogens with zero attached hydrogens (tertiary/aromatic N) is 5. The summed E-state index contributed by atoms with van der Waals surface area (Å²) in [5, 5.41) is 11.0. The average Bonchev–Trinajstić information content (AvgIpc) is 3.60. The van der Waals surface area contributed by atoms with Gasteiger partial charge in [-0.2, -0.15) is 18.4 Å². The highest BCUT2D eigenvalue weighted by Crippen LogP contribution is 2.43. The van der Waals surface area contributed by atoms with E-state index in [0.717, 1.165) is 79.0 Å². The molecule has 0 radical (unpaired) electrons. The Hall–Kier alpha value is -3.16. The van der Waals surface area contributed by atoms with Gasteiger partial charge in [0.1, 0.15) is 28.7 Å². The Balaban J connectivity index is 1.18. The fourth-order valence-electron chi connectivity index (χ4n) is 5.91. The van der Waals surface area contributed by atoms with Gasteiger partial charge in [-0.05, 0) is 55.6 Å². The number of H-pyrrole nitrogens is 1. The summed E-state index contributed by atoms with van der Waals surface area (Å²) < 4.78 is 38.8. The van der Waals surface area contributed by atoms with Crippen LogP contribution in [-0.4, -0.2) is 52.2 Å². The largest absolute Gasteiger partial charge is 0.393 e. The normalized spacial score (nSPS) is 20.8. The first-order valence-electron chi connectivity index (χ1n) is 12.0. The summed E-state index contributed by atoms with van der Waals surface area (Å²) in [6.45, 7) is 6.66. The van der Waals surface area contributed by atoms with Gasteiger partial charge in [0.25, 0.3) is 0 Å². The summed E-state index contributed by atoms with van der Waals surface area (Å²) in [7, 11) is 0. The molecule has 2 saturated heterocycles. The molecule has 6 rings (SSSR count). The molecule has 0 bridgehead atoms. The maximum absolute atomic E-state index is 12.9. The second-order valence-electron chi connectivity index (χ2n) is 10.2. The standard InChI is InChI=1S/C26H25F3N6S/c1-16-17(2-3-22-20(16)8-18(11-30)33-22)12-34-6-4-25(13-34)5-7-35(14-25)23-21-9-19(10-26(27,28)29)36-24(21)32-15-31-23/h2-3,8-9,15,33H,4-7,10,12-14H2,1H3/t25-/m1/s1. The number of benzene rings is 1. The zero-order valence-electron chi connectivity index (χ0n) is 19.8. The van der Waals surface area contributed by atoms with Gasteiger partial charge in [-0.25, -0.2) is 9.97 Å². The maximum Gasteiger partial charge on any atom is 0.393 e. The molecule has 1 aromatic carbocycles. The zero-order valence-corrected chi connectivity index (χ0v) is 20.6. The van der Waals surface area contributed by atoms with Crippen molar-refractivity contribution >= 4 is 38.3 Å². The highest BCUT2D eigenvalue weighted by molar-refractivity contribution is 7.18. The number of nitriles is 1. The Morgan fingerprint density at radius 3 is 2.78 bits per heavy atom. The molecule has 0 aliphatic carbocycles. The van der Waals surface area contributed by atoms with Crippen LogP contribution in [0.1, 0.15) is 34.5 Å². The lowest BCUT2D eigenvalue weighted by Gasteiger charge is -2.25. The molecule has 3 aromatic heterocycles. The molecule has 1 spiro atoms. The molecule has 1 N–H and O–H groups in total. The van der Waals surface area contributed by atoms with E-state index in [0.29, 0.717) is 10.5 Å². The Bertz CT molecular complexity index is 1500. The van der Waals surface area contributed by atoms with Crippen LogP contribution in [0.2, 0.25) is 0 Å². The van der Waals surface area contributed by atoms with Crippen LogP contribution in [0.25, 0.3) is 21.1 Å². The Morgan fingerprint density at radius 1 is 1.14 bits per heavy atom. The molecule has 2 aliphatic heterocycles. The summed E-state index contributed by atoms with van der Waals surface area (Å²) >= 11 is 1.10.